The standard InChI is InChI=1S/C16H18N8/c1-9(2)24-8-19-15-13(24)5-10(3)11(4)14(15)18-7-12(6-17)16-20-22-23-21-16/h5,7-9,18H,1-4H3,(H,20,21,22,23). The number of imidazole rings is 1. The molecule has 0 fully saturated rings. The van der Waals surface area contributed by atoms with Gasteiger partial charge in [0, 0.05) is 12.2 Å². The molecular formula is C16H18N8. The first-order valence-electron chi connectivity index (χ1n) is 7.60. The summed E-state index contributed by atoms with van der Waals surface area (Å²) in [5, 5.41) is 26.0. The first-order valence-corrected chi connectivity index (χ1v) is 7.60. The lowest BCUT2D eigenvalue weighted by atomic mass is 10.1. The van der Waals surface area contributed by atoms with Crippen LogP contribution in [0.25, 0.3) is 16.6 Å². The number of allylic oxidation sites excluding steroid dienone is 1. The molecule has 0 aliphatic rings. The van der Waals surface area contributed by atoms with E-state index in [1.54, 1.807) is 6.20 Å². The van der Waals surface area contributed by atoms with Crippen LogP contribution in [-0.4, -0.2) is 30.2 Å². The fourth-order valence-corrected chi connectivity index (χ4v) is 2.55. The maximum absolute atomic E-state index is 9.29. The van der Waals surface area contributed by atoms with Crippen molar-refractivity contribution in [1.29, 1.82) is 5.26 Å². The summed E-state index contributed by atoms with van der Waals surface area (Å²) in [4.78, 5) is 4.55. The molecule has 2 heterocycles. The second kappa shape index (κ2) is 6.12. The van der Waals surface area contributed by atoms with E-state index in [0.717, 1.165) is 27.8 Å². The number of H-pyrrole nitrogens is 1. The molecule has 0 radical (unpaired) electrons. The van der Waals surface area contributed by atoms with Gasteiger partial charge in [0.05, 0.1) is 17.5 Å². The Bertz CT molecular complexity index is 941. The molecule has 3 rings (SSSR count). The van der Waals surface area contributed by atoms with Crippen molar-refractivity contribution in [2.24, 2.45) is 0 Å². The van der Waals surface area contributed by atoms with E-state index in [0.29, 0.717) is 11.6 Å². The number of aromatic amines is 1. The average molecular weight is 322 g/mol. The van der Waals surface area contributed by atoms with Crippen molar-refractivity contribution >= 4 is 22.3 Å². The third-order valence-electron chi connectivity index (χ3n) is 4.01. The van der Waals surface area contributed by atoms with Gasteiger partial charge in [-0.3, -0.25) is 0 Å². The lowest BCUT2D eigenvalue weighted by Crippen LogP contribution is -2.01. The molecule has 0 spiro atoms. The van der Waals surface area contributed by atoms with Crippen molar-refractivity contribution in [2.75, 3.05) is 5.32 Å². The highest BCUT2D eigenvalue weighted by Gasteiger charge is 2.14. The Hall–Kier alpha value is -3.21. The zero-order valence-electron chi connectivity index (χ0n) is 14.0. The minimum atomic E-state index is 0.249. The molecule has 0 bridgehead atoms. The summed E-state index contributed by atoms with van der Waals surface area (Å²) >= 11 is 0. The molecule has 122 valence electrons. The molecule has 0 aliphatic heterocycles. The van der Waals surface area contributed by atoms with Gasteiger partial charge in [-0.05, 0) is 50.1 Å². The van der Waals surface area contributed by atoms with Crippen LogP contribution >= 0.6 is 0 Å². The van der Waals surface area contributed by atoms with E-state index in [2.05, 4.69) is 68.4 Å². The van der Waals surface area contributed by atoms with Gasteiger partial charge in [0.2, 0.25) is 5.82 Å². The minimum absolute atomic E-state index is 0.249. The molecule has 8 heteroatoms. The Labute approximate surface area is 139 Å². The predicted octanol–water partition coefficient (Wildman–Crippen LogP) is 2.72. The lowest BCUT2D eigenvalue weighted by Gasteiger charge is -2.13. The van der Waals surface area contributed by atoms with Gasteiger partial charge < -0.3 is 9.88 Å². The van der Waals surface area contributed by atoms with Gasteiger partial charge in [0.25, 0.3) is 0 Å². The Morgan fingerprint density at radius 2 is 2.21 bits per heavy atom. The van der Waals surface area contributed by atoms with Crippen molar-refractivity contribution in [2.45, 2.75) is 33.7 Å². The second-order valence-electron chi connectivity index (χ2n) is 5.86. The fraction of sp³-hybridized carbons (Fsp3) is 0.312. The van der Waals surface area contributed by atoms with E-state index in [9.17, 15) is 5.26 Å². The fourth-order valence-electron chi connectivity index (χ4n) is 2.55. The summed E-state index contributed by atoms with van der Waals surface area (Å²) < 4.78 is 2.13. The number of tetrazole rings is 1. The number of fused-ring (bicyclic) bond motifs is 1. The molecule has 3 aromatic rings. The van der Waals surface area contributed by atoms with Crippen LogP contribution in [0.4, 0.5) is 5.69 Å². The van der Waals surface area contributed by atoms with E-state index >= 15 is 0 Å². The summed E-state index contributed by atoms with van der Waals surface area (Å²) in [7, 11) is 0. The van der Waals surface area contributed by atoms with Crippen molar-refractivity contribution < 1.29 is 0 Å². The van der Waals surface area contributed by atoms with Gasteiger partial charge in [-0.25, -0.2) is 4.98 Å². The molecular weight excluding hydrogens is 304 g/mol. The largest absolute Gasteiger partial charge is 0.358 e. The normalized spacial score (nSPS) is 11.9. The maximum Gasteiger partial charge on any atom is 0.216 e. The van der Waals surface area contributed by atoms with Crippen molar-refractivity contribution in [3.8, 4) is 6.07 Å². The average Bonchev–Trinajstić information content (AvgIpc) is 3.20. The predicted molar refractivity (Wildman–Crippen MR) is 91.0 cm³/mol. The van der Waals surface area contributed by atoms with Crippen molar-refractivity contribution in [3.63, 3.8) is 0 Å². The number of rotatable bonds is 4. The highest BCUT2D eigenvalue weighted by Crippen LogP contribution is 2.30. The monoisotopic (exact) mass is 322 g/mol. The van der Waals surface area contributed by atoms with Crippen molar-refractivity contribution in [1.82, 2.24) is 30.2 Å². The van der Waals surface area contributed by atoms with E-state index in [1.807, 2.05) is 13.3 Å². The molecule has 0 saturated carbocycles. The van der Waals surface area contributed by atoms with E-state index in [-0.39, 0.29) is 5.82 Å². The van der Waals surface area contributed by atoms with Crippen LogP contribution in [0, 0.1) is 25.2 Å². The number of nitriles is 1. The quantitative estimate of drug-likeness (QED) is 0.715. The van der Waals surface area contributed by atoms with E-state index in [1.165, 1.54) is 0 Å². The lowest BCUT2D eigenvalue weighted by molar-refractivity contribution is 0.617. The summed E-state index contributed by atoms with van der Waals surface area (Å²) in [5.41, 5.74) is 5.33. The number of hydrogen-bond acceptors (Lipinski definition) is 6. The Morgan fingerprint density at radius 3 is 2.83 bits per heavy atom. The molecule has 0 aliphatic carbocycles. The Morgan fingerprint density at radius 1 is 1.42 bits per heavy atom. The second-order valence-corrected chi connectivity index (χ2v) is 5.86. The van der Waals surface area contributed by atoms with Crippen LogP contribution in [-0.2, 0) is 0 Å². The topological polar surface area (TPSA) is 108 Å². The summed E-state index contributed by atoms with van der Waals surface area (Å²) in [6.07, 6.45) is 3.42. The number of benzene rings is 1. The molecule has 0 unspecified atom stereocenters. The van der Waals surface area contributed by atoms with Crippen molar-refractivity contribution in [3.05, 3.63) is 35.5 Å². The third kappa shape index (κ3) is 2.60. The first kappa shape index (κ1) is 15.7. The molecule has 0 atom stereocenters. The molecule has 0 saturated heterocycles. The molecule has 1 aromatic carbocycles. The summed E-state index contributed by atoms with van der Waals surface area (Å²) in [6.45, 7) is 8.33. The Kier molecular flexibility index (Phi) is 4.00. The van der Waals surface area contributed by atoms with Crippen LogP contribution in [0.5, 0.6) is 0 Å². The molecule has 8 nitrogen and oxygen atoms in total. The van der Waals surface area contributed by atoms with Crippen LogP contribution < -0.4 is 5.32 Å². The van der Waals surface area contributed by atoms with Gasteiger partial charge in [0.1, 0.15) is 17.2 Å². The van der Waals surface area contributed by atoms with Gasteiger partial charge in [0.15, 0.2) is 0 Å². The van der Waals surface area contributed by atoms with Gasteiger partial charge in [-0.15, -0.1) is 10.2 Å². The number of anilines is 1. The van der Waals surface area contributed by atoms with Gasteiger partial charge in [-0.1, -0.05) is 0 Å². The molecule has 2 N–H and O–H groups in total. The third-order valence-corrected chi connectivity index (χ3v) is 4.01. The highest BCUT2D eigenvalue weighted by atomic mass is 15.5. The molecule has 24 heavy (non-hydrogen) atoms. The summed E-state index contributed by atoms with van der Waals surface area (Å²) in [5.74, 6) is 0.249. The number of aromatic nitrogens is 6. The SMILES string of the molecule is Cc1cc2c(ncn2C(C)C)c(NC=C(C#N)c2nn[nH]n2)c1C. The van der Waals surface area contributed by atoms with Crippen LogP contribution in [0.3, 0.4) is 0 Å². The smallest absolute Gasteiger partial charge is 0.216 e. The number of nitrogens with zero attached hydrogens (tertiary/aromatic N) is 6. The van der Waals surface area contributed by atoms with E-state index in [4.69, 9.17) is 0 Å². The van der Waals surface area contributed by atoms with E-state index < -0.39 is 0 Å². The zero-order chi connectivity index (χ0) is 17.3. The Balaban J connectivity index is 2.09. The van der Waals surface area contributed by atoms with Gasteiger partial charge >= 0.3 is 0 Å². The number of nitrogens with one attached hydrogen (secondary N) is 2. The zero-order valence-corrected chi connectivity index (χ0v) is 14.0. The van der Waals surface area contributed by atoms with Crippen LogP contribution in [0.2, 0.25) is 0 Å². The molecule has 0 amide bonds. The van der Waals surface area contributed by atoms with Crippen LogP contribution in [0.1, 0.15) is 36.8 Å². The number of hydrogen-bond donors (Lipinski definition) is 2. The molecule has 2 aromatic heterocycles. The maximum atomic E-state index is 9.29. The first-order chi connectivity index (χ1) is 11.5. The van der Waals surface area contributed by atoms with Crippen LogP contribution in [0.15, 0.2) is 18.6 Å². The van der Waals surface area contributed by atoms with Gasteiger partial charge in [-0.2, -0.15) is 10.5 Å². The summed E-state index contributed by atoms with van der Waals surface area (Å²) in [6, 6.07) is 4.52. The number of aryl methyl sites for hydroxylation is 1. The highest BCUT2D eigenvalue weighted by molar-refractivity contribution is 5.92. The minimum Gasteiger partial charge on any atom is -0.358 e.